The normalized spacial score (nSPS) is 15.1. The van der Waals surface area contributed by atoms with Crippen LogP contribution in [0, 0.1) is 11.3 Å². The van der Waals surface area contributed by atoms with Crippen LogP contribution in [0.3, 0.4) is 0 Å². The van der Waals surface area contributed by atoms with Gasteiger partial charge in [-0.15, -0.1) is 0 Å². The topological polar surface area (TPSA) is 41.5 Å². The summed E-state index contributed by atoms with van der Waals surface area (Å²) in [5.41, 5.74) is 1.20. The maximum absolute atomic E-state index is 10.1. The molecule has 2 N–H and O–H groups in total. The van der Waals surface area contributed by atoms with Gasteiger partial charge >= 0.3 is 0 Å². The molecule has 19 heavy (non-hydrogen) atoms. The molecule has 0 aliphatic carbocycles. The molecule has 0 spiro atoms. The van der Waals surface area contributed by atoms with Gasteiger partial charge in [-0.25, -0.2) is 0 Å². The SMILES string of the molecule is COc1ccc(C(O)CNCC(C)C(C)(C)C)cc1. The van der Waals surface area contributed by atoms with Gasteiger partial charge in [0.05, 0.1) is 13.2 Å². The van der Waals surface area contributed by atoms with Crippen molar-refractivity contribution < 1.29 is 9.84 Å². The molecule has 0 aromatic heterocycles. The molecule has 0 amide bonds. The van der Waals surface area contributed by atoms with Crippen LogP contribution in [0.25, 0.3) is 0 Å². The number of aliphatic hydroxyl groups is 1. The predicted molar refractivity (Wildman–Crippen MR) is 79.4 cm³/mol. The van der Waals surface area contributed by atoms with Crippen LogP contribution < -0.4 is 10.1 Å². The van der Waals surface area contributed by atoms with Crippen molar-refractivity contribution >= 4 is 0 Å². The number of aliphatic hydroxyl groups excluding tert-OH is 1. The molecule has 1 aromatic carbocycles. The van der Waals surface area contributed by atoms with E-state index in [-0.39, 0.29) is 5.41 Å². The Morgan fingerprint density at radius 2 is 1.74 bits per heavy atom. The fourth-order valence-corrected chi connectivity index (χ4v) is 1.69. The van der Waals surface area contributed by atoms with Crippen LogP contribution in [-0.2, 0) is 0 Å². The minimum atomic E-state index is -0.474. The van der Waals surface area contributed by atoms with E-state index in [1.807, 2.05) is 24.3 Å². The first kappa shape index (κ1) is 16.0. The van der Waals surface area contributed by atoms with Crippen LogP contribution in [0.5, 0.6) is 5.75 Å². The van der Waals surface area contributed by atoms with Crippen molar-refractivity contribution in [3.63, 3.8) is 0 Å². The number of ether oxygens (including phenoxy) is 1. The highest BCUT2D eigenvalue weighted by molar-refractivity contribution is 5.28. The van der Waals surface area contributed by atoms with E-state index in [2.05, 4.69) is 33.0 Å². The van der Waals surface area contributed by atoms with Crippen LogP contribution in [0.2, 0.25) is 0 Å². The Labute approximate surface area is 117 Å². The van der Waals surface area contributed by atoms with Crippen molar-refractivity contribution in [1.82, 2.24) is 5.32 Å². The number of rotatable bonds is 6. The summed E-state index contributed by atoms with van der Waals surface area (Å²) in [6.07, 6.45) is -0.474. The fourth-order valence-electron chi connectivity index (χ4n) is 1.69. The van der Waals surface area contributed by atoms with Gasteiger partial charge < -0.3 is 15.2 Å². The summed E-state index contributed by atoms with van der Waals surface area (Å²) in [7, 11) is 1.64. The molecule has 2 atom stereocenters. The van der Waals surface area contributed by atoms with Crippen molar-refractivity contribution in [1.29, 1.82) is 0 Å². The Hall–Kier alpha value is -1.06. The average Bonchev–Trinajstić information content (AvgIpc) is 2.37. The maximum Gasteiger partial charge on any atom is 0.118 e. The second-order valence-electron chi connectivity index (χ2n) is 6.21. The second kappa shape index (κ2) is 6.92. The number of nitrogens with one attached hydrogen (secondary N) is 1. The summed E-state index contributed by atoms with van der Waals surface area (Å²) in [6.45, 7) is 10.4. The molecule has 3 heteroatoms. The molecule has 0 radical (unpaired) electrons. The number of hydrogen-bond acceptors (Lipinski definition) is 3. The highest BCUT2D eigenvalue weighted by Crippen LogP contribution is 2.24. The first-order chi connectivity index (χ1) is 8.84. The minimum absolute atomic E-state index is 0.290. The van der Waals surface area contributed by atoms with Gasteiger partial charge in [0.1, 0.15) is 5.75 Å². The Kier molecular flexibility index (Phi) is 5.83. The van der Waals surface area contributed by atoms with Gasteiger partial charge in [0.15, 0.2) is 0 Å². The lowest BCUT2D eigenvalue weighted by Crippen LogP contribution is -2.32. The zero-order valence-corrected chi connectivity index (χ0v) is 12.7. The van der Waals surface area contributed by atoms with Crippen molar-refractivity contribution in [2.75, 3.05) is 20.2 Å². The van der Waals surface area contributed by atoms with Crippen LogP contribution >= 0.6 is 0 Å². The summed E-state index contributed by atoms with van der Waals surface area (Å²) < 4.78 is 5.10. The predicted octanol–water partition coefficient (Wildman–Crippen LogP) is 3.00. The van der Waals surface area contributed by atoms with Gasteiger partial charge in [0.25, 0.3) is 0 Å². The van der Waals surface area contributed by atoms with Gasteiger partial charge in [-0.3, -0.25) is 0 Å². The highest BCUT2D eigenvalue weighted by atomic mass is 16.5. The average molecular weight is 265 g/mol. The largest absolute Gasteiger partial charge is 0.497 e. The van der Waals surface area contributed by atoms with Gasteiger partial charge in [-0.1, -0.05) is 39.8 Å². The Morgan fingerprint density at radius 1 is 1.16 bits per heavy atom. The lowest BCUT2D eigenvalue weighted by atomic mass is 9.82. The molecule has 1 aromatic rings. The first-order valence-corrected chi connectivity index (χ1v) is 6.87. The summed E-state index contributed by atoms with van der Waals surface area (Å²) >= 11 is 0. The van der Waals surface area contributed by atoms with Crippen molar-refractivity contribution in [2.45, 2.75) is 33.8 Å². The molecule has 0 bridgehead atoms. The Morgan fingerprint density at radius 3 is 2.21 bits per heavy atom. The zero-order valence-electron chi connectivity index (χ0n) is 12.7. The highest BCUT2D eigenvalue weighted by Gasteiger charge is 2.19. The van der Waals surface area contributed by atoms with Crippen LogP contribution in [-0.4, -0.2) is 25.3 Å². The molecule has 2 unspecified atom stereocenters. The van der Waals surface area contributed by atoms with E-state index in [1.54, 1.807) is 7.11 Å². The zero-order chi connectivity index (χ0) is 14.5. The monoisotopic (exact) mass is 265 g/mol. The third-order valence-electron chi connectivity index (χ3n) is 3.77. The lowest BCUT2D eigenvalue weighted by molar-refractivity contribution is 0.166. The van der Waals surface area contributed by atoms with E-state index in [9.17, 15) is 5.11 Å². The fraction of sp³-hybridized carbons (Fsp3) is 0.625. The van der Waals surface area contributed by atoms with E-state index in [0.717, 1.165) is 17.9 Å². The van der Waals surface area contributed by atoms with Gasteiger partial charge in [-0.05, 0) is 35.6 Å². The molecule has 1 rings (SSSR count). The smallest absolute Gasteiger partial charge is 0.118 e. The Balaban J connectivity index is 2.40. The maximum atomic E-state index is 10.1. The standard InChI is InChI=1S/C16H27NO2/c1-12(16(2,3)4)10-17-11-15(18)13-6-8-14(19-5)9-7-13/h6-9,12,15,17-18H,10-11H2,1-5H3. The Bertz CT molecular complexity index is 367. The number of benzene rings is 1. The van der Waals surface area contributed by atoms with E-state index >= 15 is 0 Å². The van der Waals surface area contributed by atoms with Crippen molar-refractivity contribution in [2.24, 2.45) is 11.3 Å². The summed E-state index contributed by atoms with van der Waals surface area (Å²) in [4.78, 5) is 0. The van der Waals surface area contributed by atoms with Crippen LogP contribution in [0.15, 0.2) is 24.3 Å². The molecule has 0 saturated heterocycles. The van der Waals surface area contributed by atoms with Gasteiger partial charge in [0.2, 0.25) is 0 Å². The van der Waals surface area contributed by atoms with E-state index in [0.29, 0.717) is 12.5 Å². The lowest BCUT2D eigenvalue weighted by Gasteiger charge is -2.27. The molecule has 0 saturated carbocycles. The molecule has 3 nitrogen and oxygen atoms in total. The van der Waals surface area contributed by atoms with E-state index in [1.165, 1.54) is 0 Å². The van der Waals surface area contributed by atoms with E-state index in [4.69, 9.17) is 4.74 Å². The third-order valence-corrected chi connectivity index (χ3v) is 3.77. The quantitative estimate of drug-likeness (QED) is 0.831. The number of methoxy groups -OCH3 is 1. The van der Waals surface area contributed by atoms with E-state index < -0.39 is 6.10 Å². The molecule has 0 aliphatic heterocycles. The van der Waals surface area contributed by atoms with Crippen LogP contribution in [0.1, 0.15) is 39.4 Å². The summed E-state index contributed by atoms with van der Waals surface area (Å²) in [5.74, 6) is 1.38. The van der Waals surface area contributed by atoms with Crippen LogP contribution in [0.4, 0.5) is 0 Å². The first-order valence-electron chi connectivity index (χ1n) is 6.87. The third kappa shape index (κ3) is 5.21. The summed E-state index contributed by atoms with van der Waals surface area (Å²) in [5, 5.41) is 13.4. The number of hydrogen-bond donors (Lipinski definition) is 2. The summed E-state index contributed by atoms with van der Waals surface area (Å²) in [6, 6.07) is 7.55. The van der Waals surface area contributed by atoms with Gasteiger partial charge in [-0.2, -0.15) is 0 Å². The van der Waals surface area contributed by atoms with Gasteiger partial charge in [0, 0.05) is 6.54 Å². The van der Waals surface area contributed by atoms with Crippen molar-refractivity contribution in [3.8, 4) is 5.75 Å². The molecule has 0 heterocycles. The second-order valence-corrected chi connectivity index (χ2v) is 6.21. The van der Waals surface area contributed by atoms with Crippen molar-refractivity contribution in [3.05, 3.63) is 29.8 Å². The molecular weight excluding hydrogens is 238 g/mol. The molecule has 0 aliphatic rings. The molecular formula is C16H27NO2. The molecule has 108 valence electrons. The minimum Gasteiger partial charge on any atom is -0.497 e. The molecule has 0 fully saturated rings.